The first-order valence-corrected chi connectivity index (χ1v) is 7.06. The number of carbonyl (C=O) groups is 1. The Bertz CT molecular complexity index is 218. The lowest BCUT2D eigenvalue weighted by atomic mass is 10.0. The van der Waals surface area contributed by atoms with Gasteiger partial charge in [0, 0.05) is 5.75 Å². The fourth-order valence-electron chi connectivity index (χ4n) is 1.35. The smallest absolute Gasteiger partial charge is 0.306 e. The first kappa shape index (κ1) is 15.6. The molecule has 0 aromatic heterocycles. The van der Waals surface area contributed by atoms with Crippen molar-refractivity contribution in [2.75, 3.05) is 12.4 Å². The fraction of sp³-hybridized carbons (Fsp3) is 0.909. The van der Waals surface area contributed by atoms with Crippen LogP contribution in [0.15, 0.2) is 0 Å². The molecule has 0 aromatic rings. The van der Waals surface area contributed by atoms with Gasteiger partial charge < -0.3 is 9.29 Å². The number of hydrogen-bond donors (Lipinski definition) is 0. The Hall–Kier alpha value is -0.420. The molecule has 0 saturated heterocycles. The number of rotatable bonds is 9. The Labute approximate surface area is 100 Å². The molecule has 0 spiro atoms. The zero-order chi connectivity index (χ0) is 12.4. The minimum Gasteiger partial charge on any atom is -0.772 e. The van der Waals surface area contributed by atoms with Crippen LogP contribution in [0.25, 0.3) is 0 Å². The molecule has 0 amide bonds. The molecule has 0 radical (unpaired) electrons. The van der Waals surface area contributed by atoms with E-state index in [1.54, 1.807) is 0 Å². The second-order valence-electron chi connectivity index (χ2n) is 3.86. The molecule has 0 N–H and O–H groups in total. The Morgan fingerprint density at radius 1 is 1.44 bits per heavy atom. The fourth-order valence-corrected chi connectivity index (χ4v) is 1.68. The lowest BCUT2D eigenvalue weighted by Gasteiger charge is -2.14. The Morgan fingerprint density at radius 3 is 2.62 bits per heavy atom. The van der Waals surface area contributed by atoms with Crippen LogP contribution >= 0.6 is 0 Å². The van der Waals surface area contributed by atoms with Gasteiger partial charge in [-0.3, -0.25) is 9.00 Å². The maximum Gasteiger partial charge on any atom is 0.306 e. The molecule has 4 nitrogen and oxygen atoms in total. The van der Waals surface area contributed by atoms with Crippen LogP contribution in [0.1, 0.15) is 46.0 Å². The van der Waals surface area contributed by atoms with Gasteiger partial charge in [0.25, 0.3) is 0 Å². The zero-order valence-corrected chi connectivity index (χ0v) is 10.9. The molecule has 0 bridgehead atoms. The third-order valence-electron chi connectivity index (χ3n) is 2.50. The molecule has 5 heteroatoms. The number of carbonyl (C=O) groups excluding carboxylic acids is 1. The topological polar surface area (TPSA) is 66.4 Å². The SMILES string of the molecule is CCCCC(CC)COC(=O)CCS(=O)[O-]. The molecule has 0 heterocycles. The molecule has 0 rings (SSSR count). The van der Waals surface area contributed by atoms with E-state index < -0.39 is 17.0 Å². The predicted octanol–water partition coefficient (Wildman–Crippen LogP) is 2.02. The lowest BCUT2D eigenvalue weighted by molar-refractivity contribution is -0.144. The molecule has 16 heavy (non-hydrogen) atoms. The van der Waals surface area contributed by atoms with Crippen molar-refractivity contribution in [3.8, 4) is 0 Å². The van der Waals surface area contributed by atoms with Crippen LogP contribution in [0.5, 0.6) is 0 Å². The van der Waals surface area contributed by atoms with Crippen LogP contribution < -0.4 is 0 Å². The third kappa shape index (κ3) is 8.85. The van der Waals surface area contributed by atoms with E-state index in [1.807, 2.05) is 0 Å². The predicted molar refractivity (Wildman–Crippen MR) is 62.7 cm³/mol. The minimum absolute atomic E-state index is 0.0413. The van der Waals surface area contributed by atoms with Gasteiger partial charge in [0.15, 0.2) is 0 Å². The highest BCUT2D eigenvalue weighted by Gasteiger charge is 2.09. The minimum atomic E-state index is -2.16. The summed E-state index contributed by atoms with van der Waals surface area (Å²) in [7, 11) is 0. The Balaban J connectivity index is 3.66. The van der Waals surface area contributed by atoms with Gasteiger partial charge in [-0.1, -0.05) is 44.2 Å². The highest BCUT2D eigenvalue weighted by Crippen LogP contribution is 2.13. The van der Waals surface area contributed by atoms with Gasteiger partial charge in [0.2, 0.25) is 0 Å². The summed E-state index contributed by atoms with van der Waals surface area (Å²) in [4.78, 5) is 11.1. The van der Waals surface area contributed by atoms with Gasteiger partial charge in [-0.15, -0.1) is 0 Å². The van der Waals surface area contributed by atoms with Crippen LogP contribution in [0.2, 0.25) is 0 Å². The van der Waals surface area contributed by atoms with Gasteiger partial charge in [-0.2, -0.15) is 0 Å². The molecule has 96 valence electrons. The van der Waals surface area contributed by atoms with Gasteiger partial charge in [0.1, 0.15) is 0 Å². The van der Waals surface area contributed by atoms with Crippen molar-refractivity contribution in [1.82, 2.24) is 0 Å². The molecule has 2 unspecified atom stereocenters. The van der Waals surface area contributed by atoms with Crippen molar-refractivity contribution in [1.29, 1.82) is 0 Å². The van der Waals surface area contributed by atoms with E-state index in [9.17, 15) is 13.6 Å². The molecule has 0 aliphatic rings. The van der Waals surface area contributed by atoms with E-state index in [2.05, 4.69) is 13.8 Å². The first-order chi connectivity index (χ1) is 7.60. The van der Waals surface area contributed by atoms with Crippen molar-refractivity contribution in [2.24, 2.45) is 5.92 Å². The van der Waals surface area contributed by atoms with Crippen LogP contribution in [0.4, 0.5) is 0 Å². The van der Waals surface area contributed by atoms with Crippen LogP contribution in [-0.4, -0.2) is 27.1 Å². The van der Waals surface area contributed by atoms with Crippen molar-refractivity contribution in [2.45, 2.75) is 46.0 Å². The monoisotopic (exact) mass is 249 g/mol. The molecule has 0 aliphatic heterocycles. The lowest BCUT2D eigenvalue weighted by Crippen LogP contribution is -2.15. The summed E-state index contributed by atoms with van der Waals surface area (Å²) in [6, 6.07) is 0. The molecule has 2 atom stereocenters. The number of unbranched alkanes of at least 4 members (excludes halogenated alkanes) is 1. The Morgan fingerprint density at radius 2 is 2.12 bits per heavy atom. The van der Waals surface area contributed by atoms with Crippen molar-refractivity contribution >= 4 is 17.0 Å². The van der Waals surface area contributed by atoms with Gasteiger partial charge in [-0.25, -0.2) is 0 Å². The molecule has 0 fully saturated rings. The molecule has 0 aromatic carbocycles. The average molecular weight is 249 g/mol. The second-order valence-corrected chi connectivity index (χ2v) is 4.87. The van der Waals surface area contributed by atoms with E-state index in [0.717, 1.165) is 25.7 Å². The highest BCUT2D eigenvalue weighted by atomic mass is 32.2. The third-order valence-corrected chi connectivity index (χ3v) is 3.03. The van der Waals surface area contributed by atoms with E-state index in [4.69, 9.17) is 4.74 Å². The van der Waals surface area contributed by atoms with Crippen molar-refractivity contribution < 1.29 is 18.3 Å². The van der Waals surface area contributed by atoms with Crippen LogP contribution in [0.3, 0.4) is 0 Å². The van der Waals surface area contributed by atoms with Gasteiger partial charge in [-0.05, 0) is 12.3 Å². The summed E-state index contributed by atoms with van der Waals surface area (Å²) < 4.78 is 25.5. The van der Waals surface area contributed by atoms with Gasteiger partial charge in [0.05, 0.1) is 13.0 Å². The first-order valence-electron chi connectivity index (χ1n) is 5.81. The Kier molecular flexibility index (Phi) is 9.52. The van der Waals surface area contributed by atoms with Crippen molar-refractivity contribution in [3.05, 3.63) is 0 Å². The molecular weight excluding hydrogens is 228 g/mol. The average Bonchev–Trinajstić information content (AvgIpc) is 2.26. The maximum absolute atomic E-state index is 11.1. The van der Waals surface area contributed by atoms with Crippen molar-refractivity contribution in [3.63, 3.8) is 0 Å². The maximum atomic E-state index is 11.1. The summed E-state index contributed by atoms with van der Waals surface area (Å²) in [5, 5.41) is 0. The number of ether oxygens (including phenoxy) is 1. The van der Waals surface area contributed by atoms with E-state index in [0.29, 0.717) is 12.5 Å². The van der Waals surface area contributed by atoms with Gasteiger partial charge >= 0.3 is 5.97 Å². The largest absolute Gasteiger partial charge is 0.772 e. The molecule has 0 aliphatic carbocycles. The summed E-state index contributed by atoms with van der Waals surface area (Å²) in [6.07, 6.45) is 4.29. The van der Waals surface area contributed by atoms with E-state index in [1.165, 1.54) is 0 Å². The van der Waals surface area contributed by atoms with E-state index >= 15 is 0 Å². The summed E-state index contributed by atoms with van der Waals surface area (Å²) in [5.41, 5.74) is 0. The second kappa shape index (κ2) is 9.78. The molecular formula is C11H21O4S-. The number of esters is 1. The summed E-state index contributed by atoms with van der Waals surface area (Å²) in [6.45, 7) is 4.62. The number of hydrogen-bond acceptors (Lipinski definition) is 4. The summed E-state index contributed by atoms with van der Waals surface area (Å²) in [5.74, 6) is -0.161. The van der Waals surface area contributed by atoms with Crippen LogP contribution in [0, 0.1) is 5.92 Å². The molecule has 0 saturated carbocycles. The zero-order valence-electron chi connectivity index (χ0n) is 10.1. The van der Waals surface area contributed by atoms with Crippen LogP contribution in [-0.2, 0) is 20.6 Å². The summed E-state index contributed by atoms with van der Waals surface area (Å²) >= 11 is -2.16. The normalized spacial score (nSPS) is 14.4. The van der Waals surface area contributed by atoms with E-state index in [-0.39, 0.29) is 12.2 Å². The standard InChI is InChI=1S/C11H22O4S/c1-3-5-6-10(4-2)9-15-11(12)7-8-16(13)14/h10H,3-9H2,1-2H3,(H,13,14)/p-1. The quantitative estimate of drug-likeness (QED) is 0.463. The highest BCUT2D eigenvalue weighted by molar-refractivity contribution is 7.79.